The summed E-state index contributed by atoms with van der Waals surface area (Å²) >= 11 is -1.08. The van der Waals surface area contributed by atoms with E-state index in [0.717, 1.165) is 11.3 Å². The predicted octanol–water partition coefficient (Wildman–Crippen LogP) is 2.18. The Morgan fingerprint density at radius 1 is 1.15 bits per heavy atom. The number of fused-ring (bicyclic) bond motifs is 1. The van der Waals surface area contributed by atoms with Crippen LogP contribution in [0.4, 0.5) is 4.39 Å². The molecule has 4 aromatic rings. The lowest BCUT2D eigenvalue weighted by atomic mass is 10.2. The maximum Gasteiger partial charge on any atom is 0.328 e. The molecule has 2 aromatic heterocycles. The molecule has 1 unspecified atom stereocenters. The van der Waals surface area contributed by atoms with Crippen molar-refractivity contribution >= 4 is 44.5 Å². The van der Waals surface area contributed by atoms with E-state index < -0.39 is 35.7 Å². The highest BCUT2D eigenvalue weighted by Gasteiger charge is 2.21. The van der Waals surface area contributed by atoms with Crippen molar-refractivity contribution in [2.45, 2.75) is 30.1 Å². The predicted molar refractivity (Wildman–Crippen MR) is 140 cm³/mol. The molecule has 0 radical (unpaired) electrons. The Labute approximate surface area is 233 Å². The molecule has 0 aliphatic heterocycles. The number of halogens is 1. The Bertz CT molecular complexity index is 1500. The maximum absolute atomic E-state index is 12.4. The standard InChI is InChI=1S/C24H24FN5O8S2/c25-6-7-37-17-3-1-2-15(8-17)12-36-14-20(23(32)33)26-22(31)11-30-10-16(28-29-30)13-38-18-4-5-19-21(9-18)39-24(27-19)40(34)35/h1-5,8-10,20H,6-7,11-14H2,(H,26,31)(H,32,33)(H,34,35)/t20-/m0/s1. The van der Waals surface area contributed by atoms with Gasteiger partial charge in [-0.3, -0.25) is 4.79 Å². The Hall–Kier alpha value is -3.99. The third-order valence-corrected chi connectivity index (χ3v) is 7.08. The minimum Gasteiger partial charge on any atom is -0.491 e. The summed E-state index contributed by atoms with van der Waals surface area (Å²) in [5.41, 5.74) is 1.69. The summed E-state index contributed by atoms with van der Waals surface area (Å²) in [6.07, 6.45) is 1.49. The molecule has 2 heterocycles. The lowest BCUT2D eigenvalue weighted by Gasteiger charge is -2.15. The second-order valence-corrected chi connectivity index (χ2v) is 10.4. The molecule has 0 spiro atoms. The Kier molecular flexibility index (Phi) is 10.1. The van der Waals surface area contributed by atoms with Crippen molar-refractivity contribution in [2.75, 3.05) is 19.9 Å². The van der Waals surface area contributed by atoms with E-state index in [1.54, 1.807) is 42.5 Å². The van der Waals surface area contributed by atoms with E-state index in [1.807, 2.05) is 0 Å². The van der Waals surface area contributed by atoms with Gasteiger partial charge >= 0.3 is 5.97 Å². The van der Waals surface area contributed by atoms with E-state index in [-0.39, 0.29) is 37.3 Å². The molecule has 212 valence electrons. The van der Waals surface area contributed by atoms with E-state index in [2.05, 4.69) is 20.6 Å². The van der Waals surface area contributed by atoms with Gasteiger partial charge < -0.3 is 29.2 Å². The van der Waals surface area contributed by atoms with E-state index in [0.29, 0.717) is 33.0 Å². The molecule has 0 fully saturated rings. The number of aliphatic carboxylic acids is 1. The zero-order chi connectivity index (χ0) is 28.5. The topological polar surface area (TPSA) is 175 Å². The number of nitrogens with one attached hydrogen (secondary N) is 1. The van der Waals surface area contributed by atoms with Gasteiger partial charge in [0.25, 0.3) is 0 Å². The van der Waals surface area contributed by atoms with Crippen LogP contribution < -0.4 is 14.8 Å². The summed E-state index contributed by atoms with van der Waals surface area (Å²) < 4.78 is 51.1. The quantitative estimate of drug-likeness (QED) is 0.172. The van der Waals surface area contributed by atoms with Gasteiger partial charge in [0.15, 0.2) is 6.04 Å². The molecule has 0 saturated heterocycles. The largest absolute Gasteiger partial charge is 0.491 e. The summed E-state index contributed by atoms with van der Waals surface area (Å²) in [4.78, 5) is 28.1. The monoisotopic (exact) mass is 593 g/mol. The highest BCUT2D eigenvalue weighted by atomic mass is 32.2. The van der Waals surface area contributed by atoms with Crippen molar-refractivity contribution in [1.29, 1.82) is 0 Å². The van der Waals surface area contributed by atoms with Gasteiger partial charge in [0.1, 0.15) is 43.6 Å². The van der Waals surface area contributed by atoms with Crippen molar-refractivity contribution in [3.63, 3.8) is 0 Å². The summed E-state index contributed by atoms with van der Waals surface area (Å²) in [7, 11) is 0. The van der Waals surface area contributed by atoms with Crippen LogP contribution in [0.15, 0.2) is 53.0 Å². The number of carbonyl (C=O) groups is 2. The molecule has 40 heavy (non-hydrogen) atoms. The van der Waals surface area contributed by atoms with Crippen LogP contribution in [0.5, 0.6) is 11.5 Å². The summed E-state index contributed by atoms with van der Waals surface area (Å²) in [5, 5.41) is 19.7. The van der Waals surface area contributed by atoms with Crippen LogP contribution in [0.1, 0.15) is 11.3 Å². The third-order valence-electron chi connectivity index (χ3n) is 5.20. The number of rotatable bonds is 15. The fraction of sp³-hybridized carbons (Fsp3) is 0.292. The number of hydrogen-bond donors (Lipinski definition) is 3. The molecule has 0 bridgehead atoms. The Morgan fingerprint density at radius 3 is 2.75 bits per heavy atom. The summed E-state index contributed by atoms with van der Waals surface area (Å²) in [5.74, 6) is -0.920. The van der Waals surface area contributed by atoms with Crippen molar-refractivity contribution in [3.05, 3.63) is 59.9 Å². The van der Waals surface area contributed by atoms with Crippen LogP contribution in [0.2, 0.25) is 0 Å². The van der Waals surface area contributed by atoms with Crippen LogP contribution in [0, 0.1) is 0 Å². The Balaban J connectivity index is 1.24. The van der Waals surface area contributed by atoms with Gasteiger partial charge in [-0.25, -0.2) is 23.1 Å². The van der Waals surface area contributed by atoms with Gasteiger partial charge in [0.2, 0.25) is 21.3 Å². The van der Waals surface area contributed by atoms with Crippen LogP contribution in [-0.2, 0) is 45.2 Å². The van der Waals surface area contributed by atoms with Gasteiger partial charge in [0.05, 0.1) is 29.6 Å². The number of aromatic nitrogens is 4. The van der Waals surface area contributed by atoms with Gasteiger partial charge in [-0.15, -0.1) is 16.4 Å². The van der Waals surface area contributed by atoms with Gasteiger partial charge in [-0.1, -0.05) is 17.3 Å². The number of amides is 1. The van der Waals surface area contributed by atoms with Crippen molar-refractivity contribution < 1.29 is 42.1 Å². The number of alkyl halides is 1. The number of carboxylic acids is 1. The molecule has 0 aliphatic carbocycles. The molecule has 13 nitrogen and oxygen atoms in total. The number of hydrogen-bond acceptors (Lipinski definition) is 10. The first-order valence-electron chi connectivity index (χ1n) is 11.7. The Morgan fingerprint density at radius 2 is 1.98 bits per heavy atom. The normalized spacial score (nSPS) is 12.7. The van der Waals surface area contributed by atoms with Crippen molar-refractivity contribution in [3.8, 4) is 11.5 Å². The molecular weight excluding hydrogens is 569 g/mol. The fourth-order valence-electron chi connectivity index (χ4n) is 3.43. The number of ether oxygens (including phenoxy) is 3. The SMILES string of the molecule is O=C(Cn1cc(COc2ccc3nc(S(=O)O)sc3c2)nn1)N[C@@H](COCc1cccc(OCCF)c1)C(=O)O. The summed E-state index contributed by atoms with van der Waals surface area (Å²) in [6, 6.07) is 10.5. The van der Waals surface area contributed by atoms with Crippen LogP contribution in [0.3, 0.4) is 0 Å². The van der Waals surface area contributed by atoms with E-state index >= 15 is 0 Å². The number of benzene rings is 2. The lowest BCUT2D eigenvalue weighted by molar-refractivity contribution is -0.144. The van der Waals surface area contributed by atoms with Gasteiger partial charge in [-0.2, -0.15) is 0 Å². The highest BCUT2D eigenvalue weighted by Crippen LogP contribution is 2.28. The minimum atomic E-state index is -2.16. The second-order valence-electron chi connectivity index (χ2n) is 8.21. The van der Waals surface area contributed by atoms with Crippen molar-refractivity contribution in [1.82, 2.24) is 25.3 Å². The lowest BCUT2D eigenvalue weighted by Crippen LogP contribution is -2.45. The van der Waals surface area contributed by atoms with E-state index in [9.17, 15) is 27.8 Å². The van der Waals surface area contributed by atoms with Crippen LogP contribution in [0.25, 0.3) is 10.2 Å². The first kappa shape index (κ1) is 29.0. The van der Waals surface area contributed by atoms with Crippen LogP contribution >= 0.6 is 11.3 Å². The zero-order valence-corrected chi connectivity index (χ0v) is 22.4. The molecule has 4 rings (SSSR count). The average molecular weight is 594 g/mol. The second kappa shape index (κ2) is 13.9. The number of carboxylic acid groups (broad SMARTS) is 1. The number of thiazole rings is 1. The fourth-order valence-corrected chi connectivity index (χ4v) is 4.88. The summed E-state index contributed by atoms with van der Waals surface area (Å²) in [6.45, 7) is -1.15. The average Bonchev–Trinajstić information content (AvgIpc) is 3.57. The molecule has 2 atom stereocenters. The number of nitrogens with zero attached hydrogens (tertiary/aromatic N) is 4. The van der Waals surface area contributed by atoms with Gasteiger partial charge in [0, 0.05) is 0 Å². The van der Waals surface area contributed by atoms with Crippen molar-refractivity contribution in [2.24, 2.45) is 0 Å². The molecular formula is C24H24FN5O8S2. The molecule has 0 aliphatic rings. The van der Waals surface area contributed by atoms with E-state index in [4.69, 9.17) is 14.2 Å². The molecule has 2 aromatic carbocycles. The van der Waals surface area contributed by atoms with Gasteiger partial charge in [-0.05, 0) is 35.9 Å². The highest BCUT2D eigenvalue weighted by molar-refractivity contribution is 7.81. The zero-order valence-electron chi connectivity index (χ0n) is 20.8. The third kappa shape index (κ3) is 8.25. The minimum absolute atomic E-state index is 0.0380. The smallest absolute Gasteiger partial charge is 0.328 e. The molecule has 16 heteroatoms. The molecule has 0 saturated carbocycles. The first-order valence-corrected chi connectivity index (χ1v) is 13.6. The first-order chi connectivity index (χ1) is 19.3. The number of carbonyl (C=O) groups excluding carboxylic acids is 1. The maximum atomic E-state index is 12.4. The molecule has 3 N–H and O–H groups in total. The molecule has 1 amide bonds. The van der Waals surface area contributed by atoms with E-state index in [1.165, 1.54) is 10.9 Å². The van der Waals surface area contributed by atoms with Crippen LogP contribution in [-0.4, -0.2) is 71.7 Å².